The van der Waals surface area contributed by atoms with Crippen molar-refractivity contribution in [3.8, 4) is 0 Å². The first-order valence-electron chi connectivity index (χ1n) is 11.7. The summed E-state index contributed by atoms with van der Waals surface area (Å²) in [7, 11) is 0. The second-order valence-electron chi connectivity index (χ2n) is 8.86. The molecule has 2 aliphatic heterocycles. The summed E-state index contributed by atoms with van der Waals surface area (Å²) >= 11 is 0. The summed E-state index contributed by atoms with van der Waals surface area (Å²) in [5.74, 6) is 0.602. The molecule has 10 nitrogen and oxygen atoms in total. The first kappa shape index (κ1) is 31.7. The van der Waals surface area contributed by atoms with E-state index in [-0.39, 0.29) is 25.6 Å². The average Bonchev–Trinajstić information content (AvgIpc) is 3.37. The number of carboxylic acid groups (broad SMARTS) is 2. The van der Waals surface area contributed by atoms with Crippen molar-refractivity contribution >= 4 is 11.9 Å². The van der Waals surface area contributed by atoms with Gasteiger partial charge in [0.25, 0.3) is 11.9 Å². The fraction of sp³-hybridized carbons (Fsp3) is 0.818. The van der Waals surface area contributed by atoms with E-state index in [1.54, 1.807) is 0 Å². The molecule has 0 aromatic carbocycles. The molecule has 0 aromatic rings. The number of carbonyl (C=O) groups is 2. The Labute approximate surface area is 210 Å². The van der Waals surface area contributed by atoms with E-state index >= 15 is 0 Å². The number of aliphatic carboxylic acids is 2. The summed E-state index contributed by atoms with van der Waals surface area (Å²) in [6.45, 7) is 2.17. The van der Waals surface area contributed by atoms with Gasteiger partial charge in [-0.1, -0.05) is 56.6 Å². The van der Waals surface area contributed by atoms with Crippen LogP contribution in [-0.4, -0.2) is 40.4 Å². The molecule has 11 heteroatoms. The van der Waals surface area contributed by atoms with Gasteiger partial charge in [0.05, 0.1) is 0 Å². The predicted molar refractivity (Wildman–Crippen MR) is 125 cm³/mol. The number of nitrogens with one attached hydrogen (secondary N) is 2. The first-order valence-corrected chi connectivity index (χ1v) is 11.7. The summed E-state index contributed by atoms with van der Waals surface area (Å²) in [4.78, 5) is 18.0. The van der Waals surface area contributed by atoms with E-state index in [1.165, 1.54) is 64.2 Å². The van der Waals surface area contributed by atoms with Crippen molar-refractivity contribution in [2.75, 3.05) is 0 Å². The van der Waals surface area contributed by atoms with Crippen LogP contribution >= 0.6 is 0 Å². The Morgan fingerprint density at radius 1 is 0.909 bits per heavy atom. The van der Waals surface area contributed by atoms with Gasteiger partial charge < -0.3 is 38.0 Å². The van der Waals surface area contributed by atoms with Gasteiger partial charge in [0, 0.05) is 19.9 Å². The molecule has 186 valence electrons. The van der Waals surface area contributed by atoms with E-state index in [0.29, 0.717) is 17.9 Å². The molecule has 33 heavy (non-hydrogen) atoms. The van der Waals surface area contributed by atoms with Crippen LogP contribution < -0.4 is 22.3 Å². The van der Waals surface area contributed by atoms with Gasteiger partial charge in [0.15, 0.2) is 0 Å². The first-order chi connectivity index (χ1) is 15.2. The predicted octanol–water partition coefficient (Wildman–Crippen LogP) is 3.31. The van der Waals surface area contributed by atoms with Crippen molar-refractivity contribution in [1.29, 1.82) is 0 Å². The van der Waals surface area contributed by atoms with Gasteiger partial charge in [-0.25, -0.2) is 0 Å². The molecule has 0 aromatic heterocycles. The van der Waals surface area contributed by atoms with E-state index in [0.717, 1.165) is 32.1 Å². The van der Waals surface area contributed by atoms with Crippen molar-refractivity contribution < 1.29 is 39.3 Å². The maximum atomic E-state index is 9.00. The molecule has 2 aliphatic carbocycles. The Kier molecular flexibility index (Phi) is 17.4. The van der Waals surface area contributed by atoms with Crippen molar-refractivity contribution in [2.45, 2.75) is 103 Å². The molecule has 0 bridgehead atoms. The zero-order valence-electron chi connectivity index (χ0n) is 20.2. The van der Waals surface area contributed by atoms with Gasteiger partial charge in [-0.15, -0.1) is 0 Å². The standard InChI is InChI=1S/C9H18N3.C9H16N3.2C2H4O2.Zn/c2*10-9-6-8(11-12-9)7-4-2-1-3-5-7;2*1-2(3)4;/h7-9,11H,1-6,10H2;6-8,11H,1-5,10H2;2*1H3,(H,3,4);/q2*-1;;;+2. The Morgan fingerprint density at radius 2 is 1.36 bits per heavy atom. The van der Waals surface area contributed by atoms with Crippen molar-refractivity contribution in [1.82, 2.24) is 10.9 Å². The fourth-order valence-corrected chi connectivity index (χ4v) is 4.53. The van der Waals surface area contributed by atoms with Gasteiger partial charge in [-0.2, -0.15) is 0 Å². The summed E-state index contributed by atoms with van der Waals surface area (Å²) < 4.78 is 0. The summed E-state index contributed by atoms with van der Waals surface area (Å²) in [5, 5.41) is 14.8. The van der Waals surface area contributed by atoms with E-state index in [1.807, 2.05) is 0 Å². The minimum absolute atomic E-state index is 0. The Hall–Kier alpha value is -1.26. The van der Waals surface area contributed by atoms with Crippen molar-refractivity contribution in [3.63, 3.8) is 0 Å². The maximum absolute atomic E-state index is 9.00. The number of hydrogen-bond donors (Lipinski definition) is 6. The quantitative estimate of drug-likeness (QED) is 0.300. The van der Waals surface area contributed by atoms with Crippen LogP contribution in [0.15, 0.2) is 11.9 Å². The van der Waals surface area contributed by atoms with Crippen LogP contribution in [0.5, 0.6) is 0 Å². The van der Waals surface area contributed by atoms with Crippen LogP contribution in [0.2, 0.25) is 0 Å². The molecule has 8 N–H and O–H groups in total. The van der Waals surface area contributed by atoms with Crippen LogP contribution in [0.25, 0.3) is 10.9 Å². The zero-order chi connectivity index (χ0) is 23.9. The van der Waals surface area contributed by atoms with Crippen LogP contribution in [-0.2, 0) is 29.1 Å². The monoisotopic (exact) mass is 518 g/mol. The molecule has 2 heterocycles. The van der Waals surface area contributed by atoms with E-state index in [9.17, 15) is 0 Å². The van der Waals surface area contributed by atoms with Crippen LogP contribution in [0.3, 0.4) is 0 Å². The van der Waals surface area contributed by atoms with Crippen LogP contribution in [0.1, 0.15) is 84.5 Å². The number of hydrogen-bond acceptors (Lipinski definition) is 6. The van der Waals surface area contributed by atoms with Gasteiger partial charge in [-0.3, -0.25) is 15.0 Å². The van der Waals surface area contributed by atoms with Gasteiger partial charge in [-0.05, 0) is 50.0 Å². The van der Waals surface area contributed by atoms with E-state index in [2.05, 4.69) is 27.8 Å². The van der Waals surface area contributed by atoms with Gasteiger partial charge >= 0.3 is 19.5 Å². The number of nitrogens with two attached hydrogens (primary N) is 2. The molecule has 0 amide bonds. The molecule has 4 aliphatic rings. The molecule has 3 fully saturated rings. The number of carboxylic acids is 2. The average molecular weight is 520 g/mol. The third-order valence-corrected chi connectivity index (χ3v) is 5.97. The largest absolute Gasteiger partial charge is 2.00 e. The molecular formula is C22H42N6O4Zn. The molecular weight excluding hydrogens is 478 g/mol. The summed E-state index contributed by atoms with van der Waals surface area (Å²) in [6.07, 6.45) is 16.9. The molecule has 1 saturated heterocycles. The van der Waals surface area contributed by atoms with Crippen molar-refractivity contribution in [2.24, 2.45) is 23.3 Å². The van der Waals surface area contributed by atoms with Crippen LogP contribution in [0.4, 0.5) is 0 Å². The minimum Gasteiger partial charge on any atom is -0.582 e. The second kappa shape index (κ2) is 18.1. The van der Waals surface area contributed by atoms with Crippen LogP contribution in [0, 0.1) is 11.8 Å². The fourth-order valence-electron chi connectivity index (χ4n) is 4.53. The molecule has 3 atom stereocenters. The Bertz CT molecular complexity index is 560. The SMILES string of the molecule is CC(=O)O.CC(=O)O.NC1=CC(C2CCCCC2)N[N-]1.NC1CC(C2CCCCC2)N[N-]1.[Zn+2]. The third kappa shape index (κ3) is 15.3. The molecule has 2 saturated carbocycles. The molecule has 0 spiro atoms. The Morgan fingerprint density at radius 3 is 1.73 bits per heavy atom. The smallest absolute Gasteiger partial charge is 0.582 e. The minimum atomic E-state index is -0.833. The molecule has 4 rings (SSSR count). The van der Waals surface area contributed by atoms with E-state index in [4.69, 9.17) is 31.3 Å². The van der Waals surface area contributed by atoms with Crippen molar-refractivity contribution in [3.05, 3.63) is 22.7 Å². The molecule has 0 radical (unpaired) electrons. The molecule has 3 unspecified atom stereocenters. The number of nitrogens with zero attached hydrogens (tertiary/aromatic N) is 2. The number of rotatable bonds is 2. The topological polar surface area (TPSA) is 179 Å². The van der Waals surface area contributed by atoms with Gasteiger partial charge in [0.1, 0.15) is 0 Å². The van der Waals surface area contributed by atoms with Gasteiger partial charge in [0.2, 0.25) is 0 Å². The van der Waals surface area contributed by atoms with E-state index < -0.39 is 11.9 Å². The second-order valence-corrected chi connectivity index (χ2v) is 8.86. The zero-order valence-corrected chi connectivity index (χ0v) is 23.2. The normalized spacial score (nSPS) is 27.0. The summed E-state index contributed by atoms with van der Waals surface area (Å²) in [5.41, 5.74) is 25.6. The summed E-state index contributed by atoms with van der Waals surface area (Å²) in [6, 6.07) is 1.01. The maximum Gasteiger partial charge on any atom is 2.00 e. The Balaban J connectivity index is 0.000000462. The third-order valence-electron chi connectivity index (χ3n) is 5.97.